The molecule has 1 aliphatic rings. The number of carbonyl (C=O) groups excluding carboxylic acids is 2. The summed E-state index contributed by atoms with van der Waals surface area (Å²) < 4.78 is 6.91. The lowest BCUT2D eigenvalue weighted by Crippen LogP contribution is -2.38. The first kappa shape index (κ1) is 20.1. The molecule has 0 aliphatic carbocycles. The molecule has 0 saturated carbocycles. The van der Waals surface area contributed by atoms with Gasteiger partial charge in [-0.2, -0.15) is 5.10 Å². The summed E-state index contributed by atoms with van der Waals surface area (Å²) in [6.07, 6.45) is 0.982. The summed E-state index contributed by atoms with van der Waals surface area (Å²) in [7, 11) is 0. The van der Waals surface area contributed by atoms with Crippen LogP contribution in [0.5, 0.6) is 0 Å². The van der Waals surface area contributed by atoms with E-state index in [1.165, 1.54) is 0 Å². The van der Waals surface area contributed by atoms with Crippen LogP contribution in [0.3, 0.4) is 0 Å². The van der Waals surface area contributed by atoms with Crippen LogP contribution >= 0.6 is 0 Å². The fraction of sp³-hybridized carbons (Fsp3) is 0.476. The summed E-state index contributed by atoms with van der Waals surface area (Å²) in [5.74, 6) is -0.320. The lowest BCUT2D eigenvalue weighted by atomic mass is 10.1. The number of amides is 1. The van der Waals surface area contributed by atoms with Gasteiger partial charge in [-0.3, -0.25) is 9.59 Å². The van der Waals surface area contributed by atoms with Crippen LogP contribution in [-0.2, 0) is 14.3 Å². The fourth-order valence-electron chi connectivity index (χ4n) is 3.57. The quantitative estimate of drug-likeness (QED) is 0.742. The Labute approximate surface area is 165 Å². The maximum absolute atomic E-state index is 13.1. The van der Waals surface area contributed by atoms with Gasteiger partial charge in [0.15, 0.2) is 0 Å². The molecule has 2 heterocycles. The third kappa shape index (κ3) is 4.59. The molecule has 28 heavy (non-hydrogen) atoms. The van der Waals surface area contributed by atoms with Gasteiger partial charge in [0.25, 0.3) is 0 Å². The minimum absolute atomic E-state index is 0.0415. The highest BCUT2D eigenvalue weighted by molar-refractivity contribution is 5.96. The van der Waals surface area contributed by atoms with Crippen molar-refractivity contribution in [2.45, 2.75) is 33.6 Å². The molecular formula is C21H28N4O3. The molecule has 1 saturated heterocycles. The molecule has 1 N–H and O–H groups in total. The minimum Gasteiger partial charge on any atom is -0.466 e. The van der Waals surface area contributed by atoms with E-state index in [-0.39, 0.29) is 24.2 Å². The Morgan fingerprint density at radius 1 is 1.32 bits per heavy atom. The summed E-state index contributed by atoms with van der Waals surface area (Å²) >= 11 is 0. The largest absolute Gasteiger partial charge is 0.466 e. The third-order valence-electron chi connectivity index (χ3n) is 4.92. The predicted molar refractivity (Wildman–Crippen MR) is 108 cm³/mol. The second-order valence-corrected chi connectivity index (χ2v) is 7.09. The van der Waals surface area contributed by atoms with Gasteiger partial charge in [-0.1, -0.05) is 6.07 Å². The van der Waals surface area contributed by atoms with Crippen molar-refractivity contribution in [3.63, 3.8) is 0 Å². The van der Waals surface area contributed by atoms with Crippen LogP contribution in [0.4, 0.5) is 5.69 Å². The van der Waals surface area contributed by atoms with Crippen molar-refractivity contribution in [2.75, 3.05) is 31.1 Å². The number of rotatable bonds is 7. The molecule has 1 aromatic heterocycles. The highest BCUT2D eigenvalue weighted by Crippen LogP contribution is 2.24. The maximum atomic E-state index is 13.1. The zero-order chi connectivity index (χ0) is 20.1. The van der Waals surface area contributed by atoms with Crippen molar-refractivity contribution >= 4 is 17.6 Å². The van der Waals surface area contributed by atoms with Crippen molar-refractivity contribution in [1.29, 1.82) is 0 Å². The van der Waals surface area contributed by atoms with Crippen molar-refractivity contribution in [3.8, 4) is 5.69 Å². The normalized spacial score (nSPS) is 16.2. The Balaban J connectivity index is 1.88. The average Bonchev–Trinajstić information content (AvgIpc) is 3.32. The molecule has 0 radical (unpaired) electrons. The molecule has 0 spiro atoms. The predicted octanol–water partition coefficient (Wildman–Crippen LogP) is 2.38. The summed E-state index contributed by atoms with van der Waals surface area (Å²) in [6.45, 7) is 7.89. The zero-order valence-electron chi connectivity index (χ0n) is 16.8. The van der Waals surface area contributed by atoms with Gasteiger partial charge in [0.1, 0.15) is 0 Å². The lowest BCUT2D eigenvalue weighted by molar-refractivity contribution is -0.142. The summed E-state index contributed by atoms with van der Waals surface area (Å²) in [5.41, 5.74) is 3.63. The molecule has 7 nitrogen and oxygen atoms in total. The zero-order valence-corrected chi connectivity index (χ0v) is 16.8. The first-order valence-electron chi connectivity index (χ1n) is 9.81. The molecule has 3 rings (SSSR count). The van der Waals surface area contributed by atoms with Gasteiger partial charge in [0, 0.05) is 24.5 Å². The van der Waals surface area contributed by atoms with Crippen LogP contribution in [-0.4, -0.2) is 47.9 Å². The highest BCUT2D eigenvalue weighted by atomic mass is 16.5. The van der Waals surface area contributed by atoms with E-state index in [2.05, 4.69) is 10.4 Å². The molecule has 1 aromatic carbocycles. The van der Waals surface area contributed by atoms with Gasteiger partial charge in [0.05, 0.1) is 30.3 Å². The van der Waals surface area contributed by atoms with E-state index < -0.39 is 0 Å². The number of esters is 1. The number of anilines is 1. The molecular weight excluding hydrogens is 356 g/mol. The molecule has 0 bridgehead atoms. The first-order chi connectivity index (χ1) is 13.5. The van der Waals surface area contributed by atoms with Crippen LogP contribution in [0.15, 0.2) is 30.3 Å². The molecule has 1 amide bonds. The second kappa shape index (κ2) is 9.01. The van der Waals surface area contributed by atoms with Gasteiger partial charge in [-0.25, -0.2) is 4.68 Å². The summed E-state index contributed by atoms with van der Waals surface area (Å²) in [5, 5.41) is 7.77. The van der Waals surface area contributed by atoms with E-state index in [9.17, 15) is 9.59 Å². The van der Waals surface area contributed by atoms with E-state index in [0.29, 0.717) is 19.7 Å². The first-order valence-corrected chi connectivity index (χ1v) is 9.81. The highest BCUT2D eigenvalue weighted by Gasteiger charge is 2.28. The number of nitrogens with zero attached hydrogens (tertiary/aromatic N) is 3. The summed E-state index contributed by atoms with van der Waals surface area (Å²) in [6, 6.07) is 9.75. The van der Waals surface area contributed by atoms with Crippen LogP contribution in [0.1, 0.15) is 31.2 Å². The van der Waals surface area contributed by atoms with Gasteiger partial charge in [-0.15, -0.1) is 0 Å². The van der Waals surface area contributed by atoms with Crippen LogP contribution in [0, 0.1) is 19.8 Å². The smallest absolute Gasteiger partial charge is 0.307 e. The maximum Gasteiger partial charge on any atom is 0.307 e. The number of nitrogens with one attached hydrogen (secondary N) is 1. The minimum atomic E-state index is -0.292. The number of ether oxygens (including phenoxy) is 1. The Kier molecular flexibility index (Phi) is 6.46. The Morgan fingerprint density at radius 2 is 2.14 bits per heavy atom. The third-order valence-corrected chi connectivity index (χ3v) is 4.92. The molecule has 1 atom stereocenters. The molecule has 7 heteroatoms. The molecule has 2 aromatic rings. The van der Waals surface area contributed by atoms with Crippen LogP contribution < -0.4 is 10.2 Å². The van der Waals surface area contributed by atoms with E-state index >= 15 is 0 Å². The SMILES string of the molecule is CCOC(=O)CCN(C(=O)C1CCNC1)c1cccc(-n2nc(C)cc2C)c1. The molecule has 150 valence electrons. The second-order valence-electron chi connectivity index (χ2n) is 7.09. The number of benzene rings is 1. The lowest BCUT2D eigenvalue weighted by Gasteiger charge is -2.26. The van der Waals surface area contributed by atoms with Crippen molar-refractivity contribution in [3.05, 3.63) is 41.7 Å². The standard InChI is InChI=1S/C21H28N4O3/c1-4-28-20(26)9-11-24(21(27)17-8-10-22-14-17)18-6-5-7-19(13-18)25-16(3)12-15(2)23-25/h5-7,12-13,17,22H,4,8-11,14H2,1-3H3. The Hall–Kier alpha value is -2.67. The van der Waals surface area contributed by atoms with Crippen molar-refractivity contribution in [2.24, 2.45) is 5.92 Å². The topological polar surface area (TPSA) is 76.5 Å². The van der Waals surface area contributed by atoms with Gasteiger partial charge in [0.2, 0.25) is 5.91 Å². The number of aromatic nitrogens is 2. The number of carbonyl (C=O) groups is 2. The van der Waals surface area contributed by atoms with E-state index in [1.54, 1.807) is 11.8 Å². The number of aryl methyl sites for hydroxylation is 2. The fourth-order valence-corrected chi connectivity index (χ4v) is 3.57. The van der Waals surface area contributed by atoms with Crippen LogP contribution in [0.2, 0.25) is 0 Å². The summed E-state index contributed by atoms with van der Waals surface area (Å²) in [4.78, 5) is 26.7. The Morgan fingerprint density at radius 3 is 2.79 bits per heavy atom. The van der Waals surface area contributed by atoms with Gasteiger partial charge >= 0.3 is 5.97 Å². The van der Waals surface area contributed by atoms with Crippen molar-refractivity contribution < 1.29 is 14.3 Å². The van der Waals surface area contributed by atoms with E-state index in [4.69, 9.17) is 4.74 Å². The monoisotopic (exact) mass is 384 g/mol. The Bertz CT molecular complexity index is 840. The van der Waals surface area contributed by atoms with E-state index in [0.717, 1.165) is 35.7 Å². The molecule has 1 fully saturated rings. The molecule has 1 aliphatic heterocycles. The molecule has 1 unspecified atom stereocenters. The van der Waals surface area contributed by atoms with E-state index in [1.807, 2.05) is 48.9 Å². The number of hydrogen-bond donors (Lipinski definition) is 1. The van der Waals surface area contributed by atoms with Crippen molar-refractivity contribution in [1.82, 2.24) is 15.1 Å². The average molecular weight is 384 g/mol. The van der Waals surface area contributed by atoms with Gasteiger partial charge in [-0.05, 0) is 58.0 Å². The van der Waals surface area contributed by atoms with Crippen LogP contribution in [0.25, 0.3) is 5.69 Å². The number of hydrogen-bond acceptors (Lipinski definition) is 5. The van der Waals surface area contributed by atoms with Gasteiger partial charge < -0.3 is 15.0 Å².